The van der Waals surface area contributed by atoms with Crippen molar-refractivity contribution in [3.63, 3.8) is 0 Å². The van der Waals surface area contributed by atoms with Gasteiger partial charge in [0.05, 0.1) is 10.5 Å². The smallest absolute Gasteiger partial charge is 0.332 e. The van der Waals surface area contributed by atoms with E-state index in [0.717, 1.165) is 29.8 Å². The summed E-state index contributed by atoms with van der Waals surface area (Å²) < 4.78 is 65.2. The van der Waals surface area contributed by atoms with Gasteiger partial charge in [-0.15, -0.1) is 0 Å². The molecule has 34 heavy (non-hydrogen) atoms. The summed E-state index contributed by atoms with van der Waals surface area (Å²) in [7, 11) is -4.03. The minimum absolute atomic E-state index is 0.0114. The molecule has 0 saturated heterocycles. The number of alkyl halides is 3. The lowest BCUT2D eigenvalue weighted by atomic mass is 10.2. The minimum Gasteiger partial charge on any atom is -0.332 e. The number of sulfonamides is 1. The summed E-state index contributed by atoms with van der Waals surface area (Å²) in [6.07, 6.45) is -1.56. The van der Waals surface area contributed by atoms with E-state index in [4.69, 9.17) is 12.2 Å². The van der Waals surface area contributed by atoms with Crippen LogP contribution in [0.4, 0.5) is 24.5 Å². The van der Waals surface area contributed by atoms with Crippen molar-refractivity contribution in [2.45, 2.75) is 11.1 Å². The van der Waals surface area contributed by atoms with Crippen LogP contribution in [-0.4, -0.2) is 19.4 Å². The molecule has 0 aliphatic carbocycles. The zero-order valence-electron chi connectivity index (χ0n) is 17.3. The van der Waals surface area contributed by atoms with E-state index in [1.165, 1.54) is 30.3 Å². The molecule has 0 fully saturated rings. The molecule has 0 atom stereocenters. The molecule has 0 aliphatic rings. The predicted octanol–water partition coefficient (Wildman–Crippen LogP) is 5.03. The monoisotopic (exact) mass is 505 g/mol. The summed E-state index contributed by atoms with van der Waals surface area (Å²) in [6.45, 7) is 0. The van der Waals surface area contributed by atoms with E-state index < -0.39 is 27.7 Å². The first kappa shape index (κ1) is 24.9. The maximum atomic E-state index is 12.6. The van der Waals surface area contributed by atoms with Crippen molar-refractivity contribution in [1.29, 1.82) is 0 Å². The molecule has 1 amide bonds. The van der Waals surface area contributed by atoms with Crippen LogP contribution in [0.5, 0.6) is 0 Å². The Bertz CT molecular complexity index is 1290. The molecule has 0 spiro atoms. The molecule has 3 rings (SSSR count). The van der Waals surface area contributed by atoms with Crippen molar-refractivity contribution in [2.24, 2.45) is 0 Å². The van der Waals surface area contributed by atoms with Gasteiger partial charge in [0.1, 0.15) is 0 Å². The van der Waals surface area contributed by atoms with E-state index in [1.54, 1.807) is 6.08 Å². The fourth-order valence-electron chi connectivity index (χ4n) is 2.71. The second-order valence-electron chi connectivity index (χ2n) is 6.89. The molecule has 0 radical (unpaired) electrons. The summed E-state index contributed by atoms with van der Waals surface area (Å²) >= 11 is 5.09. The molecule has 0 aliphatic heterocycles. The number of thiocarbonyl (C=S) groups is 1. The van der Waals surface area contributed by atoms with Crippen molar-refractivity contribution in [3.8, 4) is 0 Å². The van der Waals surface area contributed by atoms with Gasteiger partial charge in [0.15, 0.2) is 5.11 Å². The lowest BCUT2D eigenvalue weighted by Gasteiger charge is -2.11. The summed E-state index contributed by atoms with van der Waals surface area (Å²) in [4.78, 5) is 11.9. The van der Waals surface area contributed by atoms with Crippen LogP contribution in [-0.2, 0) is 21.0 Å². The lowest BCUT2D eigenvalue weighted by molar-refractivity contribution is -0.137. The summed E-state index contributed by atoms with van der Waals surface area (Å²) in [6, 6.07) is 18.3. The van der Waals surface area contributed by atoms with Crippen molar-refractivity contribution in [1.82, 2.24) is 5.32 Å². The molecule has 3 aromatic rings. The minimum atomic E-state index is -4.52. The van der Waals surface area contributed by atoms with E-state index >= 15 is 0 Å². The van der Waals surface area contributed by atoms with Gasteiger partial charge in [-0.25, -0.2) is 8.42 Å². The molecule has 0 saturated carbocycles. The zero-order valence-corrected chi connectivity index (χ0v) is 19.0. The van der Waals surface area contributed by atoms with E-state index in [1.807, 2.05) is 30.3 Å². The van der Waals surface area contributed by atoms with Gasteiger partial charge in [0.2, 0.25) is 5.91 Å². The summed E-state index contributed by atoms with van der Waals surface area (Å²) in [5.74, 6) is -0.443. The Kier molecular flexibility index (Phi) is 7.69. The van der Waals surface area contributed by atoms with Gasteiger partial charge in [-0.3, -0.25) is 14.8 Å². The van der Waals surface area contributed by atoms with Crippen LogP contribution in [0.2, 0.25) is 0 Å². The largest absolute Gasteiger partial charge is 0.416 e. The lowest BCUT2D eigenvalue weighted by Crippen LogP contribution is -2.32. The van der Waals surface area contributed by atoms with Crippen LogP contribution in [0.15, 0.2) is 89.8 Å². The molecule has 0 aromatic heterocycles. The number of nitrogens with one attached hydrogen (secondary N) is 3. The molecule has 3 aromatic carbocycles. The van der Waals surface area contributed by atoms with Crippen LogP contribution in [0.1, 0.15) is 11.1 Å². The first-order chi connectivity index (χ1) is 16.0. The third-order valence-electron chi connectivity index (χ3n) is 4.35. The Hall–Kier alpha value is -3.70. The van der Waals surface area contributed by atoms with E-state index in [-0.39, 0.29) is 15.7 Å². The first-order valence-corrected chi connectivity index (χ1v) is 11.6. The van der Waals surface area contributed by atoms with Crippen molar-refractivity contribution in [2.75, 3.05) is 10.0 Å². The highest BCUT2D eigenvalue weighted by Gasteiger charge is 2.30. The third kappa shape index (κ3) is 7.15. The molecule has 6 nitrogen and oxygen atoms in total. The fraction of sp³-hybridized carbons (Fsp3) is 0.0435. The van der Waals surface area contributed by atoms with Gasteiger partial charge in [-0.1, -0.05) is 30.3 Å². The number of rotatable bonds is 6. The number of carbonyl (C=O) groups excluding carboxylic acids is 1. The van der Waals surface area contributed by atoms with Crippen molar-refractivity contribution >= 4 is 50.7 Å². The predicted molar refractivity (Wildman–Crippen MR) is 129 cm³/mol. The second kappa shape index (κ2) is 10.5. The van der Waals surface area contributed by atoms with Crippen LogP contribution in [0.25, 0.3) is 6.08 Å². The van der Waals surface area contributed by atoms with Crippen LogP contribution >= 0.6 is 12.2 Å². The Morgan fingerprint density at radius 1 is 0.853 bits per heavy atom. The number of halogens is 3. The molecule has 0 bridgehead atoms. The van der Waals surface area contributed by atoms with E-state index in [0.29, 0.717) is 5.69 Å². The highest BCUT2D eigenvalue weighted by molar-refractivity contribution is 7.92. The number of anilines is 2. The summed E-state index contributed by atoms with van der Waals surface area (Å²) in [5.41, 5.74) is 0.371. The van der Waals surface area contributed by atoms with Crippen LogP contribution in [0.3, 0.4) is 0 Å². The van der Waals surface area contributed by atoms with Crippen molar-refractivity contribution < 1.29 is 26.4 Å². The third-order valence-corrected chi connectivity index (χ3v) is 5.95. The van der Waals surface area contributed by atoms with Crippen LogP contribution < -0.4 is 15.4 Å². The van der Waals surface area contributed by atoms with Crippen molar-refractivity contribution in [3.05, 3.63) is 96.1 Å². The zero-order chi connectivity index (χ0) is 24.8. The number of carbonyl (C=O) groups is 1. The van der Waals surface area contributed by atoms with E-state index in [2.05, 4.69) is 15.4 Å². The number of hydrogen-bond acceptors (Lipinski definition) is 4. The average molecular weight is 506 g/mol. The Morgan fingerprint density at radius 3 is 2.03 bits per heavy atom. The molecule has 0 heterocycles. The first-order valence-electron chi connectivity index (χ1n) is 9.68. The van der Waals surface area contributed by atoms with Crippen LogP contribution in [0, 0.1) is 0 Å². The van der Waals surface area contributed by atoms with Gasteiger partial charge < -0.3 is 5.32 Å². The number of benzene rings is 3. The van der Waals surface area contributed by atoms with Gasteiger partial charge in [-0.2, -0.15) is 13.2 Å². The maximum absolute atomic E-state index is 12.6. The van der Waals surface area contributed by atoms with Gasteiger partial charge in [0.25, 0.3) is 10.0 Å². The standard InChI is InChI=1S/C23H18F3N3O3S2/c24-23(25,26)17-7-9-19(10-8-17)29-34(31,32)20-13-11-18(12-14-20)27-22(33)28-21(30)15-6-16-4-2-1-3-5-16/h1-15,29H,(H2,27,28,30,33)/b15-6+. The SMILES string of the molecule is O=C(/C=C/c1ccccc1)NC(=S)Nc1ccc(S(=O)(=O)Nc2ccc(C(F)(F)F)cc2)cc1. The quantitative estimate of drug-likeness (QED) is 0.323. The molecule has 3 N–H and O–H groups in total. The topological polar surface area (TPSA) is 87.3 Å². The van der Waals surface area contributed by atoms with E-state index in [9.17, 15) is 26.4 Å². The number of hydrogen-bond donors (Lipinski definition) is 3. The molecular formula is C23H18F3N3O3S2. The fourth-order valence-corrected chi connectivity index (χ4v) is 3.99. The number of amides is 1. The Labute approximate surface area is 199 Å². The molecular weight excluding hydrogens is 487 g/mol. The summed E-state index contributed by atoms with van der Waals surface area (Å²) in [5, 5.41) is 5.25. The average Bonchev–Trinajstić information content (AvgIpc) is 2.78. The second-order valence-corrected chi connectivity index (χ2v) is 8.98. The van der Waals surface area contributed by atoms with Gasteiger partial charge in [-0.05, 0) is 72.4 Å². The molecule has 176 valence electrons. The van der Waals surface area contributed by atoms with Gasteiger partial charge in [0, 0.05) is 17.5 Å². The van der Waals surface area contributed by atoms with Gasteiger partial charge >= 0.3 is 6.18 Å². The molecule has 0 unspecified atom stereocenters. The molecule has 11 heteroatoms. The highest BCUT2D eigenvalue weighted by atomic mass is 32.2. The Balaban J connectivity index is 1.57. The highest BCUT2D eigenvalue weighted by Crippen LogP contribution is 2.30. The Morgan fingerprint density at radius 2 is 1.44 bits per heavy atom. The maximum Gasteiger partial charge on any atom is 0.416 e. The normalized spacial score (nSPS) is 11.7.